The Kier molecular flexibility index (Phi) is 3.52. The Labute approximate surface area is 51.8 Å². The van der Waals surface area contributed by atoms with E-state index in [9.17, 15) is 0 Å². The van der Waals surface area contributed by atoms with E-state index in [-0.39, 0.29) is 0 Å². The lowest BCUT2D eigenvalue weighted by Crippen LogP contribution is -2.05. The van der Waals surface area contributed by atoms with Gasteiger partial charge in [-0.25, -0.2) is 0 Å². The van der Waals surface area contributed by atoms with Gasteiger partial charge in [-0.2, -0.15) is 0 Å². The van der Waals surface area contributed by atoms with Crippen LogP contribution in [-0.2, 0) is 0 Å². The van der Waals surface area contributed by atoms with Crippen molar-refractivity contribution in [1.29, 1.82) is 0 Å². The maximum Gasteiger partial charge on any atom is 0.0510 e. The van der Waals surface area contributed by atoms with Gasteiger partial charge >= 0.3 is 0 Å². The summed E-state index contributed by atoms with van der Waals surface area (Å²) in [7, 11) is -0.537. The van der Waals surface area contributed by atoms with Crippen molar-refractivity contribution < 1.29 is 5.21 Å². The lowest BCUT2D eigenvalue weighted by Gasteiger charge is -1.97. The summed E-state index contributed by atoms with van der Waals surface area (Å²) in [5, 5.41) is 11.3. The van der Waals surface area contributed by atoms with Crippen molar-refractivity contribution in [3.8, 4) is 0 Å². The molecule has 0 bridgehead atoms. The van der Waals surface area contributed by atoms with Gasteiger partial charge in [0.05, 0.1) is 5.71 Å². The molecule has 0 amide bonds. The quantitative estimate of drug-likeness (QED) is 0.261. The van der Waals surface area contributed by atoms with Crippen molar-refractivity contribution in [1.82, 2.24) is 0 Å². The smallest absolute Gasteiger partial charge is 0.0510 e. The van der Waals surface area contributed by atoms with Crippen LogP contribution in [-0.4, -0.2) is 19.7 Å². The van der Waals surface area contributed by atoms with E-state index in [1.807, 2.05) is 6.92 Å². The number of rotatable bonds is 2. The summed E-state index contributed by atoms with van der Waals surface area (Å²) in [5.74, 6) is 0. The van der Waals surface area contributed by atoms with E-state index in [4.69, 9.17) is 5.21 Å². The first-order valence-electron chi connectivity index (χ1n) is 2.84. The molecule has 0 aliphatic heterocycles. The van der Waals surface area contributed by atoms with Gasteiger partial charge in [0.1, 0.15) is 0 Å². The zero-order chi connectivity index (χ0) is 6.57. The van der Waals surface area contributed by atoms with Crippen LogP contribution in [0, 0.1) is 0 Å². The fourth-order valence-electron chi connectivity index (χ4n) is 0.632. The number of nitrogens with zero attached hydrogens (tertiary/aromatic N) is 1. The first kappa shape index (κ1) is 7.69. The summed E-state index contributed by atoms with van der Waals surface area (Å²) >= 11 is 0. The highest BCUT2D eigenvalue weighted by molar-refractivity contribution is 6.59. The first-order valence-corrected chi connectivity index (χ1v) is 5.97. The molecule has 0 aromatic rings. The van der Waals surface area contributed by atoms with Gasteiger partial charge in [0.15, 0.2) is 0 Å². The molecule has 48 valence electrons. The van der Waals surface area contributed by atoms with Gasteiger partial charge in [-0.05, 0) is 13.0 Å². The molecule has 0 unspecified atom stereocenters. The molecule has 3 heteroatoms. The normalized spacial score (nSPS) is 12.8. The van der Waals surface area contributed by atoms with Gasteiger partial charge in [-0.3, -0.25) is 0 Å². The van der Waals surface area contributed by atoms with E-state index in [1.54, 1.807) is 0 Å². The molecule has 0 atom stereocenters. The molecular weight excluding hydrogens is 118 g/mol. The molecule has 0 heterocycles. The SMILES string of the molecule is CC(C[SiH](C)C)=NO. The molecule has 1 N–H and O–H groups in total. The fraction of sp³-hybridized carbons (Fsp3) is 0.800. The van der Waals surface area contributed by atoms with Crippen LogP contribution in [0.3, 0.4) is 0 Å². The molecule has 0 rings (SSSR count). The Morgan fingerprint density at radius 3 is 2.25 bits per heavy atom. The molecule has 8 heavy (non-hydrogen) atoms. The summed E-state index contributed by atoms with van der Waals surface area (Å²) in [6, 6.07) is 1.02. The van der Waals surface area contributed by atoms with Gasteiger partial charge in [-0.15, -0.1) is 0 Å². The Morgan fingerprint density at radius 2 is 2.12 bits per heavy atom. The third-order valence-corrected chi connectivity index (χ3v) is 2.28. The van der Waals surface area contributed by atoms with Crippen LogP contribution in [0.1, 0.15) is 6.92 Å². The van der Waals surface area contributed by atoms with Gasteiger partial charge < -0.3 is 5.21 Å². The highest BCUT2D eigenvalue weighted by atomic mass is 28.3. The minimum Gasteiger partial charge on any atom is -0.411 e. The standard InChI is InChI=1S/C5H13NOSi/c1-5(6-7)4-8(2)3/h7-8H,4H2,1-3H3. The maximum atomic E-state index is 8.19. The second-order valence-corrected chi connectivity index (χ2v) is 5.63. The van der Waals surface area contributed by atoms with Crippen LogP contribution < -0.4 is 0 Å². The predicted molar refractivity (Wildman–Crippen MR) is 38.6 cm³/mol. The molecule has 0 saturated carbocycles. The van der Waals surface area contributed by atoms with Crippen molar-refractivity contribution in [2.75, 3.05) is 0 Å². The van der Waals surface area contributed by atoms with Crippen molar-refractivity contribution in [3.05, 3.63) is 0 Å². The zero-order valence-corrected chi connectivity index (χ0v) is 6.83. The van der Waals surface area contributed by atoms with Crippen LogP contribution in [0.25, 0.3) is 0 Å². The third kappa shape index (κ3) is 3.86. The minimum absolute atomic E-state index is 0.537. The Hall–Kier alpha value is -0.313. The number of oxime groups is 1. The molecule has 0 aromatic carbocycles. The molecule has 0 radical (unpaired) electrons. The number of hydrogen-bond donors (Lipinski definition) is 1. The average molecular weight is 131 g/mol. The number of hydrogen-bond acceptors (Lipinski definition) is 2. The Balaban J connectivity index is 3.39. The van der Waals surface area contributed by atoms with E-state index in [0.717, 1.165) is 11.8 Å². The summed E-state index contributed by atoms with van der Waals surface area (Å²) in [4.78, 5) is 0. The molecule has 0 aliphatic carbocycles. The molecule has 0 saturated heterocycles. The lowest BCUT2D eigenvalue weighted by molar-refractivity contribution is 0.318. The molecule has 0 aromatic heterocycles. The van der Waals surface area contributed by atoms with Crippen molar-refractivity contribution in [3.63, 3.8) is 0 Å². The van der Waals surface area contributed by atoms with E-state index in [1.165, 1.54) is 0 Å². The lowest BCUT2D eigenvalue weighted by atomic mass is 10.5. The summed E-state index contributed by atoms with van der Waals surface area (Å²) in [6.07, 6.45) is 0. The van der Waals surface area contributed by atoms with Crippen LogP contribution in [0.15, 0.2) is 5.16 Å². The molecule has 2 nitrogen and oxygen atoms in total. The van der Waals surface area contributed by atoms with E-state index in [0.29, 0.717) is 0 Å². The van der Waals surface area contributed by atoms with E-state index < -0.39 is 8.80 Å². The van der Waals surface area contributed by atoms with Crippen LogP contribution >= 0.6 is 0 Å². The van der Waals surface area contributed by atoms with E-state index in [2.05, 4.69) is 18.2 Å². The van der Waals surface area contributed by atoms with Gasteiger partial charge in [0, 0.05) is 8.80 Å². The highest BCUT2D eigenvalue weighted by Gasteiger charge is 1.96. The fourth-order valence-corrected chi connectivity index (χ4v) is 1.89. The monoisotopic (exact) mass is 131 g/mol. The molecular formula is C5H13NOSi. The zero-order valence-electron chi connectivity index (χ0n) is 5.68. The van der Waals surface area contributed by atoms with Crippen LogP contribution in [0.4, 0.5) is 0 Å². The largest absolute Gasteiger partial charge is 0.411 e. The summed E-state index contributed by atoms with van der Waals surface area (Å²) < 4.78 is 0. The predicted octanol–water partition coefficient (Wildman–Crippen LogP) is 1.32. The van der Waals surface area contributed by atoms with Crippen molar-refractivity contribution in [2.45, 2.75) is 26.1 Å². The third-order valence-electron chi connectivity index (χ3n) is 0.874. The second kappa shape index (κ2) is 3.66. The topological polar surface area (TPSA) is 32.6 Å². The molecule has 0 fully saturated rings. The van der Waals surface area contributed by atoms with Gasteiger partial charge in [0.2, 0.25) is 0 Å². The first-order chi connectivity index (χ1) is 3.66. The molecule has 0 spiro atoms. The summed E-state index contributed by atoms with van der Waals surface area (Å²) in [6.45, 7) is 6.32. The van der Waals surface area contributed by atoms with Crippen LogP contribution in [0.2, 0.25) is 19.1 Å². The Morgan fingerprint density at radius 1 is 1.62 bits per heavy atom. The average Bonchev–Trinajstić information content (AvgIpc) is 1.65. The van der Waals surface area contributed by atoms with Gasteiger partial charge in [-0.1, -0.05) is 18.2 Å². The Bertz CT molecular complexity index is 90.4. The van der Waals surface area contributed by atoms with E-state index >= 15 is 0 Å². The minimum atomic E-state index is -0.537. The second-order valence-electron chi connectivity index (χ2n) is 2.43. The molecule has 0 aliphatic rings. The summed E-state index contributed by atoms with van der Waals surface area (Å²) in [5.41, 5.74) is 0.867. The van der Waals surface area contributed by atoms with Crippen LogP contribution in [0.5, 0.6) is 0 Å². The van der Waals surface area contributed by atoms with Crippen molar-refractivity contribution >= 4 is 14.5 Å². The highest BCUT2D eigenvalue weighted by Crippen LogP contribution is 1.92. The van der Waals surface area contributed by atoms with Gasteiger partial charge in [0.25, 0.3) is 0 Å². The maximum absolute atomic E-state index is 8.19. The van der Waals surface area contributed by atoms with Crippen molar-refractivity contribution in [2.24, 2.45) is 5.16 Å².